The van der Waals surface area contributed by atoms with Gasteiger partial charge in [0.15, 0.2) is 0 Å². The summed E-state index contributed by atoms with van der Waals surface area (Å²) in [7, 11) is -3.60. The van der Waals surface area contributed by atoms with Gasteiger partial charge in [0.05, 0.1) is 21.2 Å². The van der Waals surface area contributed by atoms with E-state index >= 15 is 0 Å². The molecule has 0 spiro atoms. The van der Waals surface area contributed by atoms with Gasteiger partial charge in [-0.25, -0.2) is 13.8 Å². The topological polar surface area (TPSA) is 78.8 Å². The van der Waals surface area contributed by atoms with Gasteiger partial charge in [-0.1, -0.05) is 41.8 Å². The normalized spacial score (nSPS) is 15.6. The molecule has 0 aliphatic carbocycles. The van der Waals surface area contributed by atoms with Crippen molar-refractivity contribution in [1.29, 1.82) is 0 Å². The number of nitrogens with zero attached hydrogens (tertiary/aromatic N) is 2. The van der Waals surface area contributed by atoms with Crippen molar-refractivity contribution < 1.29 is 13.2 Å². The highest BCUT2D eigenvalue weighted by Gasteiger charge is 2.26. The zero-order valence-electron chi connectivity index (χ0n) is 14.9. The quantitative estimate of drug-likeness (QED) is 0.565. The smallest absolute Gasteiger partial charge is 0.267 e. The number of hydrogen-bond acceptors (Lipinski definition) is 4. The molecule has 2 aromatic carbocycles. The number of hydrazone groups is 1. The van der Waals surface area contributed by atoms with E-state index < -0.39 is 15.9 Å². The lowest BCUT2D eigenvalue weighted by Gasteiger charge is -2.25. The summed E-state index contributed by atoms with van der Waals surface area (Å²) in [6.45, 7) is 1.01. The van der Waals surface area contributed by atoms with E-state index in [1.807, 2.05) is 0 Å². The molecule has 3 rings (SSSR count). The second kappa shape index (κ2) is 9.05. The van der Waals surface area contributed by atoms with Crippen molar-refractivity contribution >= 4 is 45.3 Å². The molecule has 1 N–H and O–H groups in total. The molecule has 28 heavy (non-hydrogen) atoms. The lowest BCUT2D eigenvalue weighted by atomic mass is 10.2. The van der Waals surface area contributed by atoms with E-state index in [1.165, 1.54) is 22.7 Å². The van der Waals surface area contributed by atoms with Crippen molar-refractivity contribution in [2.75, 3.05) is 13.1 Å². The molecule has 0 saturated carbocycles. The van der Waals surface area contributed by atoms with Crippen LogP contribution in [0.5, 0.6) is 0 Å². The third kappa shape index (κ3) is 4.91. The van der Waals surface area contributed by atoms with Crippen molar-refractivity contribution in [1.82, 2.24) is 9.73 Å². The predicted molar refractivity (Wildman–Crippen MR) is 111 cm³/mol. The number of rotatable bonds is 5. The fourth-order valence-electron chi connectivity index (χ4n) is 2.87. The molecule has 1 saturated heterocycles. The molecule has 0 bridgehead atoms. The Hall–Kier alpha value is -1.93. The van der Waals surface area contributed by atoms with Gasteiger partial charge in [-0.15, -0.1) is 0 Å². The number of sulfonamides is 1. The Balaban J connectivity index is 1.71. The Morgan fingerprint density at radius 1 is 1.04 bits per heavy atom. The fraction of sp³-hybridized carbons (Fsp3) is 0.263. The first-order valence-corrected chi connectivity index (χ1v) is 11.0. The van der Waals surface area contributed by atoms with Gasteiger partial charge >= 0.3 is 0 Å². The Labute approximate surface area is 174 Å². The minimum atomic E-state index is -3.60. The molecule has 1 aliphatic heterocycles. The number of piperidine rings is 1. The van der Waals surface area contributed by atoms with E-state index in [9.17, 15) is 13.2 Å². The van der Waals surface area contributed by atoms with Crippen LogP contribution in [0, 0.1) is 0 Å². The molecule has 0 atom stereocenters. The van der Waals surface area contributed by atoms with Crippen LogP contribution in [0.25, 0.3) is 0 Å². The van der Waals surface area contributed by atoms with Gasteiger partial charge in [0.2, 0.25) is 10.0 Å². The Bertz CT molecular complexity index is 1000. The number of amides is 1. The molecule has 148 valence electrons. The van der Waals surface area contributed by atoms with Crippen LogP contribution in [-0.4, -0.2) is 37.9 Å². The summed E-state index contributed by atoms with van der Waals surface area (Å²) in [5.41, 5.74) is 3.26. The van der Waals surface area contributed by atoms with Crippen LogP contribution >= 0.6 is 23.2 Å². The largest absolute Gasteiger partial charge is 0.271 e. The number of benzene rings is 2. The van der Waals surface area contributed by atoms with Gasteiger partial charge in [-0.05, 0) is 48.7 Å². The fourth-order valence-corrected chi connectivity index (χ4v) is 4.74. The molecule has 0 radical (unpaired) electrons. The molecule has 1 aliphatic rings. The van der Waals surface area contributed by atoms with Gasteiger partial charge in [-0.2, -0.15) is 9.41 Å². The van der Waals surface area contributed by atoms with Gasteiger partial charge in [-0.3, -0.25) is 4.79 Å². The van der Waals surface area contributed by atoms with Gasteiger partial charge in [0.1, 0.15) is 0 Å². The van der Waals surface area contributed by atoms with Crippen LogP contribution in [0.15, 0.2) is 52.5 Å². The average molecular weight is 440 g/mol. The van der Waals surface area contributed by atoms with Crippen LogP contribution in [0.4, 0.5) is 0 Å². The van der Waals surface area contributed by atoms with Crippen LogP contribution in [0.1, 0.15) is 35.2 Å². The number of halogens is 2. The van der Waals surface area contributed by atoms with Crippen molar-refractivity contribution in [3.05, 3.63) is 63.6 Å². The summed E-state index contributed by atoms with van der Waals surface area (Å²) >= 11 is 11.8. The first kappa shape index (κ1) is 20.8. The summed E-state index contributed by atoms with van der Waals surface area (Å²) in [5, 5.41) is 4.69. The predicted octanol–water partition coefficient (Wildman–Crippen LogP) is 3.93. The number of carbonyl (C=O) groups excluding carboxylic acids is 1. The zero-order chi connectivity index (χ0) is 20.1. The highest BCUT2D eigenvalue weighted by Crippen LogP contribution is 2.22. The monoisotopic (exact) mass is 439 g/mol. The minimum absolute atomic E-state index is 0.107. The second-order valence-corrected chi connectivity index (χ2v) is 9.12. The number of hydrogen-bond donors (Lipinski definition) is 1. The molecule has 1 fully saturated rings. The summed E-state index contributed by atoms with van der Waals surface area (Å²) in [4.78, 5) is 12.4. The van der Waals surface area contributed by atoms with E-state index in [0.717, 1.165) is 19.3 Å². The molecule has 2 aromatic rings. The Kier molecular flexibility index (Phi) is 6.72. The SMILES string of the molecule is O=C(N/N=C\c1ccc(Cl)c(Cl)c1)c1cccc(S(=O)(=O)N2CCCCC2)c1. The van der Waals surface area contributed by atoms with Crippen LogP contribution in [-0.2, 0) is 10.0 Å². The summed E-state index contributed by atoms with van der Waals surface area (Å²) in [5.74, 6) is -0.507. The van der Waals surface area contributed by atoms with Crippen LogP contribution in [0.3, 0.4) is 0 Å². The van der Waals surface area contributed by atoms with Gasteiger partial charge in [0.25, 0.3) is 5.91 Å². The molecule has 9 heteroatoms. The second-order valence-electron chi connectivity index (χ2n) is 6.37. The maximum Gasteiger partial charge on any atom is 0.271 e. The maximum atomic E-state index is 12.8. The molecular formula is C19H19Cl2N3O3S. The molecule has 1 heterocycles. The van der Waals surface area contributed by atoms with Gasteiger partial charge < -0.3 is 0 Å². The summed E-state index contributed by atoms with van der Waals surface area (Å²) in [6, 6.07) is 10.9. The average Bonchev–Trinajstić information content (AvgIpc) is 2.71. The van der Waals surface area contributed by atoms with Crippen molar-refractivity contribution in [2.45, 2.75) is 24.2 Å². The zero-order valence-corrected chi connectivity index (χ0v) is 17.3. The maximum absolute atomic E-state index is 12.8. The molecular weight excluding hydrogens is 421 g/mol. The van der Waals surface area contributed by atoms with Crippen molar-refractivity contribution in [2.24, 2.45) is 5.10 Å². The molecule has 0 aromatic heterocycles. The van der Waals surface area contributed by atoms with E-state index in [2.05, 4.69) is 10.5 Å². The van der Waals surface area contributed by atoms with Gasteiger partial charge in [0, 0.05) is 18.7 Å². The van der Waals surface area contributed by atoms with E-state index in [-0.39, 0.29) is 10.5 Å². The number of carbonyl (C=O) groups is 1. The van der Waals surface area contributed by atoms with Crippen molar-refractivity contribution in [3.63, 3.8) is 0 Å². The summed E-state index contributed by atoms with van der Waals surface area (Å²) in [6.07, 6.45) is 4.16. The van der Waals surface area contributed by atoms with Crippen LogP contribution < -0.4 is 5.43 Å². The van der Waals surface area contributed by atoms with E-state index in [0.29, 0.717) is 28.7 Å². The highest BCUT2D eigenvalue weighted by molar-refractivity contribution is 7.89. The lowest BCUT2D eigenvalue weighted by Crippen LogP contribution is -2.35. The van der Waals surface area contributed by atoms with E-state index in [1.54, 1.807) is 30.3 Å². The standard InChI is InChI=1S/C19H19Cl2N3O3S/c20-17-8-7-14(11-18(17)21)13-22-23-19(25)15-5-4-6-16(12-15)28(26,27)24-9-2-1-3-10-24/h4-8,11-13H,1-3,9-10H2,(H,23,25)/b22-13-. The molecule has 6 nitrogen and oxygen atoms in total. The third-order valence-corrected chi connectivity index (χ3v) is 7.01. The summed E-state index contributed by atoms with van der Waals surface area (Å²) < 4.78 is 27.0. The third-order valence-electron chi connectivity index (χ3n) is 4.37. The minimum Gasteiger partial charge on any atom is -0.267 e. The Morgan fingerprint density at radius 2 is 1.79 bits per heavy atom. The Morgan fingerprint density at radius 3 is 2.50 bits per heavy atom. The molecule has 0 unspecified atom stereocenters. The first-order chi connectivity index (χ1) is 13.4. The number of nitrogens with one attached hydrogen (secondary N) is 1. The molecule has 1 amide bonds. The first-order valence-electron chi connectivity index (χ1n) is 8.76. The van der Waals surface area contributed by atoms with Crippen LogP contribution in [0.2, 0.25) is 10.0 Å². The highest BCUT2D eigenvalue weighted by atomic mass is 35.5. The van der Waals surface area contributed by atoms with Crippen molar-refractivity contribution in [3.8, 4) is 0 Å². The van der Waals surface area contributed by atoms with E-state index in [4.69, 9.17) is 23.2 Å². The lowest BCUT2D eigenvalue weighted by molar-refractivity contribution is 0.0955.